The lowest BCUT2D eigenvalue weighted by Gasteiger charge is -1.99. The molecule has 0 saturated carbocycles. The first-order valence-corrected chi connectivity index (χ1v) is 6.65. The molecule has 0 fully saturated rings. The van der Waals surface area contributed by atoms with Crippen LogP contribution in [0.25, 0.3) is 11.4 Å². The number of benzene rings is 1. The van der Waals surface area contributed by atoms with E-state index in [1.54, 1.807) is 24.5 Å². The monoisotopic (exact) mass is 305 g/mol. The second-order valence-corrected chi connectivity index (χ2v) is 4.99. The van der Waals surface area contributed by atoms with Gasteiger partial charge in [0.2, 0.25) is 11.7 Å². The van der Waals surface area contributed by atoms with E-state index < -0.39 is 0 Å². The predicted octanol–water partition coefficient (Wildman–Crippen LogP) is 4.03. The number of halogens is 2. The summed E-state index contributed by atoms with van der Waals surface area (Å²) in [5.74, 6) is 1.07. The maximum absolute atomic E-state index is 5.98. The number of pyridine rings is 1. The minimum Gasteiger partial charge on any atom is -0.339 e. The van der Waals surface area contributed by atoms with Crippen LogP contribution in [0.15, 0.2) is 47.2 Å². The standard InChI is InChI=1S/C14H9Cl2N3O/c15-11-2-1-9(7-12(11)16)8-13-18-14(19-20-13)10-3-5-17-6-4-10/h1-7H,8H2. The summed E-state index contributed by atoms with van der Waals surface area (Å²) in [6.45, 7) is 0. The topological polar surface area (TPSA) is 51.8 Å². The molecule has 0 saturated heterocycles. The number of hydrogen-bond donors (Lipinski definition) is 0. The second kappa shape index (κ2) is 5.61. The lowest BCUT2D eigenvalue weighted by Crippen LogP contribution is -1.89. The third kappa shape index (κ3) is 2.81. The molecule has 0 aliphatic heterocycles. The Morgan fingerprint density at radius 2 is 1.80 bits per heavy atom. The van der Waals surface area contributed by atoms with Crippen LogP contribution in [0.4, 0.5) is 0 Å². The number of rotatable bonds is 3. The highest BCUT2D eigenvalue weighted by Crippen LogP contribution is 2.24. The number of nitrogens with zero attached hydrogens (tertiary/aromatic N) is 3. The van der Waals surface area contributed by atoms with Crippen molar-refractivity contribution in [3.8, 4) is 11.4 Å². The van der Waals surface area contributed by atoms with Gasteiger partial charge in [-0.15, -0.1) is 0 Å². The van der Waals surface area contributed by atoms with Crippen molar-refractivity contribution >= 4 is 23.2 Å². The molecule has 0 spiro atoms. The summed E-state index contributed by atoms with van der Waals surface area (Å²) in [6.07, 6.45) is 3.88. The highest BCUT2D eigenvalue weighted by atomic mass is 35.5. The molecular weight excluding hydrogens is 297 g/mol. The van der Waals surface area contributed by atoms with E-state index in [4.69, 9.17) is 27.7 Å². The quantitative estimate of drug-likeness (QED) is 0.733. The second-order valence-electron chi connectivity index (χ2n) is 4.17. The van der Waals surface area contributed by atoms with Gasteiger partial charge in [-0.25, -0.2) is 0 Å². The van der Waals surface area contributed by atoms with E-state index in [1.807, 2.05) is 18.2 Å². The van der Waals surface area contributed by atoms with Gasteiger partial charge in [0.25, 0.3) is 0 Å². The van der Waals surface area contributed by atoms with Crippen molar-refractivity contribution in [3.63, 3.8) is 0 Å². The first kappa shape index (κ1) is 13.1. The summed E-state index contributed by atoms with van der Waals surface area (Å²) in [6, 6.07) is 9.08. The molecule has 3 rings (SSSR count). The summed E-state index contributed by atoms with van der Waals surface area (Å²) in [5.41, 5.74) is 1.83. The van der Waals surface area contributed by atoms with Crippen LogP contribution in [0.1, 0.15) is 11.5 Å². The third-order valence-corrected chi connectivity index (χ3v) is 3.48. The zero-order chi connectivity index (χ0) is 13.9. The Morgan fingerprint density at radius 3 is 2.55 bits per heavy atom. The van der Waals surface area contributed by atoms with E-state index in [-0.39, 0.29) is 0 Å². The fourth-order valence-corrected chi connectivity index (χ4v) is 2.09. The highest BCUT2D eigenvalue weighted by molar-refractivity contribution is 6.42. The molecule has 0 N–H and O–H groups in total. The largest absolute Gasteiger partial charge is 0.339 e. The van der Waals surface area contributed by atoms with E-state index in [2.05, 4.69) is 15.1 Å². The van der Waals surface area contributed by atoms with Crippen LogP contribution in [-0.4, -0.2) is 15.1 Å². The maximum Gasteiger partial charge on any atom is 0.231 e. The van der Waals surface area contributed by atoms with Crippen molar-refractivity contribution < 1.29 is 4.52 Å². The van der Waals surface area contributed by atoms with Gasteiger partial charge in [0.1, 0.15) is 0 Å². The van der Waals surface area contributed by atoms with E-state index in [9.17, 15) is 0 Å². The Labute approximate surface area is 125 Å². The van der Waals surface area contributed by atoms with Crippen LogP contribution in [0.3, 0.4) is 0 Å². The van der Waals surface area contributed by atoms with Gasteiger partial charge in [0.05, 0.1) is 16.5 Å². The van der Waals surface area contributed by atoms with Crippen LogP contribution < -0.4 is 0 Å². The van der Waals surface area contributed by atoms with Gasteiger partial charge in [-0.1, -0.05) is 34.4 Å². The first-order valence-electron chi connectivity index (χ1n) is 5.89. The smallest absolute Gasteiger partial charge is 0.231 e. The zero-order valence-corrected chi connectivity index (χ0v) is 11.8. The van der Waals surface area contributed by atoms with Crippen molar-refractivity contribution in [2.45, 2.75) is 6.42 Å². The summed E-state index contributed by atoms with van der Waals surface area (Å²) >= 11 is 11.9. The van der Waals surface area contributed by atoms with Crippen LogP contribution >= 0.6 is 23.2 Å². The Kier molecular flexibility index (Phi) is 3.67. The van der Waals surface area contributed by atoms with Gasteiger partial charge >= 0.3 is 0 Å². The molecule has 1 aromatic carbocycles. The predicted molar refractivity (Wildman–Crippen MR) is 76.8 cm³/mol. The summed E-state index contributed by atoms with van der Waals surface area (Å²) in [7, 11) is 0. The molecule has 0 atom stereocenters. The molecule has 0 aliphatic carbocycles. The SMILES string of the molecule is Clc1ccc(Cc2nc(-c3ccncc3)no2)cc1Cl. The number of hydrogen-bond acceptors (Lipinski definition) is 4. The number of aromatic nitrogens is 3. The van der Waals surface area contributed by atoms with Gasteiger partial charge in [-0.05, 0) is 29.8 Å². The molecule has 20 heavy (non-hydrogen) atoms. The van der Waals surface area contributed by atoms with Crippen molar-refractivity contribution in [2.75, 3.05) is 0 Å². The molecule has 6 heteroatoms. The Bertz CT molecular complexity index is 728. The molecule has 0 aliphatic rings. The lowest BCUT2D eigenvalue weighted by molar-refractivity contribution is 0.385. The van der Waals surface area contributed by atoms with Crippen LogP contribution in [0, 0.1) is 0 Å². The summed E-state index contributed by atoms with van der Waals surface area (Å²) < 4.78 is 5.24. The summed E-state index contributed by atoms with van der Waals surface area (Å²) in [5, 5.41) is 4.99. The zero-order valence-electron chi connectivity index (χ0n) is 10.3. The molecule has 100 valence electrons. The van der Waals surface area contributed by atoms with Gasteiger partial charge in [-0.2, -0.15) is 4.98 Å². The fourth-order valence-electron chi connectivity index (χ4n) is 1.77. The van der Waals surface area contributed by atoms with Crippen molar-refractivity contribution in [2.24, 2.45) is 0 Å². The Hall–Kier alpha value is -1.91. The average molecular weight is 306 g/mol. The average Bonchev–Trinajstić information content (AvgIpc) is 2.92. The third-order valence-electron chi connectivity index (χ3n) is 2.75. The first-order chi connectivity index (χ1) is 9.72. The maximum atomic E-state index is 5.98. The Balaban J connectivity index is 1.82. The highest BCUT2D eigenvalue weighted by Gasteiger charge is 2.09. The van der Waals surface area contributed by atoms with E-state index in [0.717, 1.165) is 11.1 Å². The van der Waals surface area contributed by atoms with E-state index in [1.165, 1.54) is 0 Å². The molecule has 2 aromatic heterocycles. The van der Waals surface area contributed by atoms with Crippen molar-refractivity contribution in [1.82, 2.24) is 15.1 Å². The molecular formula is C14H9Cl2N3O. The van der Waals surface area contributed by atoms with Crippen LogP contribution in [0.2, 0.25) is 10.0 Å². The van der Waals surface area contributed by atoms with Gasteiger partial charge in [0, 0.05) is 18.0 Å². The van der Waals surface area contributed by atoms with Gasteiger partial charge in [0.15, 0.2) is 0 Å². The molecule has 0 unspecified atom stereocenters. The minimum absolute atomic E-state index is 0.509. The molecule has 4 nitrogen and oxygen atoms in total. The minimum atomic E-state index is 0.509. The molecule has 0 amide bonds. The normalized spacial score (nSPS) is 10.7. The van der Waals surface area contributed by atoms with Crippen LogP contribution in [-0.2, 0) is 6.42 Å². The Morgan fingerprint density at radius 1 is 1.00 bits per heavy atom. The van der Waals surface area contributed by atoms with E-state index >= 15 is 0 Å². The summed E-state index contributed by atoms with van der Waals surface area (Å²) in [4.78, 5) is 8.30. The van der Waals surface area contributed by atoms with Crippen LogP contribution in [0.5, 0.6) is 0 Å². The lowest BCUT2D eigenvalue weighted by atomic mass is 10.1. The molecule has 3 aromatic rings. The molecule has 0 bridgehead atoms. The van der Waals surface area contributed by atoms with Crippen molar-refractivity contribution in [1.29, 1.82) is 0 Å². The fraction of sp³-hybridized carbons (Fsp3) is 0.0714. The van der Waals surface area contributed by atoms with Crippen molar-refractivity contribution in [3.05, 3.63) is 64.2 Å². The van der Waals surface area contributed by atoms with E-state index in [0.29, 0.717) is 28.2 Å². The molecule has 0 radical (unpaired) electrons. The van der Waals surface area contributed by atoms with Gasteiger partial charge < -0.3 is 4.52 Å². The molecule has 2 heterocycles. The van der Waals surface area contributed by atoms with Gasteiger partial charge in [-0.3, -0.25) is 4.98 Å².